The van der Waals surface area contributed by atoms with Gasteiger partial charge in [0.1, 0.15) is 5.82 Å². The molecule has 5 heterocycles. The van der Waals surface area contributed by atoms with Gasteiger partial charge in [-0.2, -0.15) is 0 Å². The van der Waals surface area contributed by atoms with Crippen LogP contribution in [0.5, 0.6) is 0 Å². The van der Waals surface area contributed by atoms with Crippen LogP contribution in [0.15, 0.2) is 53.1 Å². The standard InChI is InChI=1S/C20H16FIN7S/c1-12-11-29-17(13-4-5-22-25-8-13)10-24-20(29)19(26-12)27-18-7-16(28-30-18)6-15-3-2-14(21)9-23-15/h2-5,7-11,25H,6H2,1H3,(H,26,27)/q-1. The molecule has 4 aromatic rings. The van der Waals surface area contributed by atoms with Gasteiger partial charge >= 0.3 is 148 Å². The summed E-state index contributed by atoms with van der Waals surface area (Å²) in [6.07, 6.45) is 9.78. The quantitative estimate of drug-likeness (QED) is 0.293. The van der Waals surface area contributed by atoms with Crippen molar-refractivity contribution < 1.29 is 25.9 Å². The van der Waals surface area contributed by atoms with Crippen molar-refractivity contribution in [2.75, 3.05) is 5.32 Å². The van der Waals surface area contributed by atoms with Gasteiger partial charge in [0.25, 0.3) is 0 Å². The fourth-order valence-electron chi connectivity index (χ4n) is 3.11. The molecule has 152 valence electrons. The molecule has 5 rings (SSSR count). The van der Waals surface area contributed by atoms with E-state index in [4.69, 9.17) is 0 Å². The van der Waals surface area contributed by atoms with Crippen molar-refractivity contribution in [1.82, 2.24) is 27.3 Å². The molecule has 10 heteroatoms. The van der Waals surface area contributed by atoms with Gasteiger partial charge in [-0.25, -0.2) is 4.39 Å². The molecule has 0 atom stereocenters. The van der Waals surface area contributed by atoms with E-state index in [2.05, 4.69) is 42.7 Å². The van der Waals surface area contributed by atoms with E-state index in [0.29, 0.717) is 12.2 Å². The van der Waals surface area contributed by atoms with Gasteiger partial charge in [0.15, 0.2) is 0 Å². The summed E-state index contributed by atoms with van der Waals surface area (Å²) in [5.41, 5.74) is 5.37. The summed E-state index contributed by atoms with van der Waals surface area (Å²) in [5.74, 6) is 0.335. The number of allylic oxidation sites excluding steroid dienone is 2. The van der Waals surface area contributed by atoms with Gasteiger partial charge in [0.2, 0.25) is 0 Å². The average Bonchev–Trinajstić information content (AvgIpc) is 3.37. The molecule has 4 aromatic heterocycles. The van der Waals surface area contributed by atoms with E-state index in [9.17, 15) is 4.39 Å². The molecule has 0 amide bonds. The molecule has 0 bridgehead atoms. The molecule has 0 saturated carbocycles. The number of anilines is 2. The molecule has 0 unspecified atom stereocenters. The van der Waals surface area contributed by atoms with Crippen LogP contribution < -0.4 is 30.3 Å². The molecule has 2 N–H and O–H groups in total. The number of hydrogen-bond donors (Lipinski definition) is 2. The zero-order valence-corrected chi connectivity index (χ0v) is 18.8. The van der Waals surface area contributed by atoms with Crippen molar-refractivity contribution >= 4 is 33.6 Å². The molecule has 1 aliphatic rings. The van der Waals surface area contributed by atoms with Gasteiger partial charge in [-0.05, 0) is 12.1 Å². The van der Waals surface area contributed by atoms with Crippen molar-refractivity contribution in [3.8, 4) is 0 Å². The third-order valence-electron chi connectivity index (χ3n) is 4.44. The Morgan fingerprint density at radius 1 is 1.23 bits per heavy atom. The summed E-state index contributed by atoms with van der Waals surface area (Å²) in [6, 6.07) is 5.04. The molecule has 0 saturated heterocycles. The van der Waals surface area contributed by atoms with E-state index < -0.39 is 0 Å². The first kappa shape index (κ1) is 19.1. The number of aromatic nitrogens is 5. The molecule has 7 nitrogen and oxygen atoms in total. The monoisotopic (exact) mass is 532 g/mol. The van der Waals surface area contributed by atoms with Gasteiger partial charge in [0, 0.05) is 5.69 Å². The van der Waals surface area contributed by atoms with Crippen LogP contribution in [0.2, 0.25) is 0 Å². The number of fused-ring (bicyclic) bond motifs is 1. The molecule has 0 aromatic carbocycles. The van der Waals surface area contributed by atoms with Crippen LogP contribution in [0.3, 0.4) is 0 Å². The number of pyridine rings is 1. The topological polar surface area (TPSA) is 80.0 Å². The Hall–Kier alpha value is -2.86. The maximum atomic E-state index is 13.0. The number of nitrogens with zero attached hydrogens (tertiary/aromatic N) is 5. The molecule has 1 aliphatic heterocycles. The number of aryl methyl sites for hydroxylation is 1. The number of rotatable bonds is 5. The van der Waals surface area contributed by atoms with Crippen LogP contribution in [0.1, 0.15) is 22.8 Å². The zero-order chi connectivity index (χ0) is 20.5. The number of nitrogens with one attached hydrogen (secondary N) is 2. The van der Waals surface area contributed by atoms with Gasteiger partial charge < -0.3 is 0 Å². The van der Waals surface area contributed by atoms with Crippen molar-refractivity contribution in [2.45, 2.75) is 13.3 Å². The predicted molar refractivity (Wildman–Crippen MR) is 110 cm³/mol. The fraction of sp³-hybridized carbons (Fsp3) is 0.100. The molecule has 0 spiro atoms. The van der Waals surface area contributed by atoms with Crippen LogP contribution in [0.4, 0.5) is 15.2 Å². The minimum absolute atomic E-state index is 0.0890. The second-order valence-corrected chi connectivity index (χ2v) is 9.40. The molecular formula is C20H16FIN7S-. The van der Waals surface area contributed by atoms with Crippen molar-refractivity contribution in [2.24, 2.45) is 0 Å². The first-order valence-corrected chi connectivity index (χ1v) is 12.2. The first-order chi connectivity index (χ1) is 14.7. The maximum absolute atomic E-state index is 13.0. The summed E-state index contributed by atoms with van der Waals surface area (Å²) in [6.45, 7) is 1.96. The fourth-order valence-corrected chi connectivity index (χ4v) is 5.06. The van der Waals surface area contributed by atoms with Crippen molar-refractivity contribution in [3.63, 3.8) is 0 Å². The van der Waals surface area contributed by atoms with Crippen LogP contribution in [-0.4, -0.2) is 23.7 Å². The molecule has 0 fully saturated rings. The van der Waals surface area contributed by atoms with E-state index in [1.54, 1.807) is 6.07 Å². The number of halogens is 2. The van der Waals surface area contributed by atoms with Gasteiger partial charge in [-0.1, -0.05) is 0 Å². The zero-order valence-electron chi connectivity index (χ0n) is 15.8. The second kappa shape index (κ2) is 8.11. The Morgan fingerprint density at radius 2 is 2.17 bits per heavy atom. The third-order valence-corrected chi connectivity index (χ3v) is 6.57. The summed E-state index contributed by atoms with van der Waals surface area (Å²) in [4.78, 5) is 13.3. The van der Waals surface area contributed by atoms with Crippen LogP contribution in [0, 0.1) is 12.7 Å². The van der Waals surface area contributed by atoms with E-state index >= 15 is 0 Å². The normalized spacial score (nSPS) is 13.6. The molecule has 0 aliphatic carbocycles. The summed E-state index contributed by atoms with van der Waals surface area (Å²) in [5, 5.41) is 4.21. The Morgan fingerprint density at radius 3 is 2.97 bits per heavy atom. The number of imidazole rings is 1. The SMILES string of the molecule is Cc1cn2c(C3=CN[I-]C=C3)cnc2c(Nc2cc(Cc3ccc(F)cn3)ns2)n1. The van der Waals surface area contributed by atoms with E-state index in [-0.39, 0.29) is 27.3 Å². The average molecular weight is 532 g/mol. The van der Waals surface area contributed by atoms with Crippen molar-refractivity contribution in [3.05, 3.63) is 81.7 Å². The van der Waals surface area contributed by atoms with Crippen LogP contribution in [0.25, 0.3) is 11.2 Å². The first-order valence-electron chi connectivity index (χ1n) is 9.08. The third kappa shape index (κ3) is 3.92. The van der Waals surface area contributed by atoms with E-state index in [1.165, 1.54) is 23.8 Å². The Labute approximate surface area is 186 Å². The summed E-state index contributed by atoms with van der Waals surface area (Å²) < 4.78 is 25.1. The van der Waals surface area contributed by atoms with Crippen molar-refractivity contribution in [1.29, 1.82) is 0 Å². The Bertz CT molecular complexity index is 1280. The molecule has 30 heavy (non-hydrogen) atoms. The van der Waals surface area contributed by atoms with Crippen LogP contribution >= 0.6 is 11.5 Å². The molecule has 0 radical (unpaired) electrons. The van der Waals surface area contributed by atoms with Crippen LogP contribution in [-0.2, 0) is 6.42 Å². The van der Waals surface area contributed by atoms with Gasteiger partial charge in [-0.15, -0.1) is 0 Å². The van der Waals surface area contributed by atoms with E-state index in [1.807, 2.05) is 31.6 Å². The van der Waals surface area contributed by atoms with E-state index in [0.717, 1.165) is 39.0 Å². The Balaban J connectivity index is 1.42. The second-order valence-electron chi connectivity index (χ2n) is 6.63. The molecular weight excluding hydrogens is 516 g/mol. The Kier molecular flexibility index (Phi) is 5.17. The summed E-state index contributed by atoms with van der Waals surface area (Å²) in [7, 11) is 0. The summed E-state index contributed by atoms with van der Waals surface area (Å²) >= 11 is 1.26. The van der Waals surface area contributed by atoms with Gasteiger partial charge in [0.05, 0.1) is 6.20 Å². The number of hydrogen-bond acceptors (Lipinski definition) is 7. The van der Waals surface area contributed by atoms with Gasteiger partial charge in [-0.3, -0.25) is 4.98 Å². The predicted octanol–water partition coefficient (Wildman–Crippen LogP) is 0.825. The minimum atomic E-state index is -0.343.